The first-order chi connectivity index (χ1) is 13.7. The van der Waals surface area contributed by atoms with Gasteiger partial charge in [0.25, 0.3) is 5.91 Å². The topological polar surface area (TPSA) is 78.3 Å². The van der Waals surface area contributed by atoms with Crippen molar-refractivity contribution in [2.75, 3.05) is 13.7 Å². The maximum atomic E-state index is 12.2. The van der Waals surface area contributed by atoms with Crippen LogP contribution in [0.25, 0.3) is 5.69 Å². The number of nitrogens with zero attached hydrogens (tertiary/aromatic N) is 3. The van der Waals surface area contributed by atoms with Crippen LogP contribution in [0.1, 0.15) is 18.9 Å². The van der Waals surface area contributed by atoms with Crippen LogP contribution in [-0.2, 0) is 11.2 Å². The third-order valence-electron chi connectivity index (χ3n) is 4.26. The molecule has 3 rings (SSSR count). The highest BCUT2D eigenvalue weighted by molar-refractivity contribution is 5.80. The molecule has 0 bridgehead atoms. The summed E-state index contributed by atoms with van der Waals surface area (Å²) in [5.74, 6) is 0.668. The van der Waals surface area contributed by atoms with Crippen molar-refractivity contribution in [2.24, 2.45) is 0 Å². The Labute approximate surface area is 164 Å². The van der Waals surface area contributed by atoms with Gasteiger partial charge in [0.1, 0.15) is 12.1 Å². The molecule has 0 aliphatic rings. The third-order valence-corrected chi connectivity index (χ3v) is 4.26. The number of methoxy groups -OCH3 is 1. The van der Waals surface area contributed by atoms with Gasteiger partial charge in [-0.15, -0.1) is 5.10 Å². The first-order valence-corrected chi connectivity index (χ1v) is 9.20. The molecule has 0 saturated carbocycles. The Morgan fingerprint density at radius 2 is 1.89 bits per heavy atom. The molecular weight excluding hydrogens is 356 g/mol. The number of carbonyl (C=O) groups is 1. The van der Waals surface area contributed by atoms with E-state index >= 15 is 0 Å². The van der Waals surface area contributed by atoms with Crippen molar-refractivity contribution in [2.45, 2.75) is 25.9 Å². The highest BCUT2D eigenvalue weighted by atomic mass is 16.5. The Morgan fingerprint density at radius 1 is 1.14 bits per heavy atom. The molecule has 0 saturated heterocycles. The zero-order valence-corrected chi connectivity index (χ0v) is 16.0. The van der Waals surface area contributed by atoms with E-state index in [1.165, 1.54) is 0 Å². The highest BCUT2D eigenvalue weighted by Crippen LogP contribution is 2.18. The van der Waals surface area contributed by atoms with E-state index in [0.717, 1.165) is 29.8 Å². The standard InChI is InChI=1S/C21H24N4O3/c1-16(28-21-23-15-25(24-21)18-11-4-3-5-12-18)20(26)22-14-8-10-17-9-6-7-13-19(17)27-2/h3-7,9,11-13,15-16H,8,10,14H2,1-2H3,(H,22,26). The number of rotatable bonds is 9. The van der Waals surface area contributed by atoms with Gasteiger partial charge in [0.2, 0.25) is 0 Å². The average Bonchev–Trinajstić information content (AvgIpc) is 3.20. The first-order valence-electron chi connectivity index (χ1n) is 9.20. The molecule has 0 aliphatic carbocycles. The fourth-order valence-corrected chi connectivity index (χ4v) is 2.76. The van der Waals surface area contributed by atoms with Gasteiger partial charge in [-0.1, -0.05) is 36.4 Å². The second-order valence-corrected chi connectivity index (χ2v) is 6.27. The summed E-state index contributed by atoms with van der Waals surface area (Å²) in [6.45, 7) is 2.23. The largest absolute Gasteiger partial charge is 0.496 e. The Morgan fingerprint density at radius 3 is 2.68 bits per heavy atom. The lowest BCUT2D eigenvalue weighted by Gasteiger charge is -2.12. The zero-order valence-electron chi connectivity index (χ0n) is 16.0. The molecule has 2 aromatic carbocycles. The van der Waals surface area contributed by atoms with Crippen molar-refractivity contribution >= 4 is 5.91 Å². The predicted molar refractivity (Wildman–Crippen MR) is 106 cm³/mol. The molecule has 7 nitrogen and oxygen atoms in total. The monoisotopic (exact) mass is 380 g/mol. The molecular formula is C21H24N4O3. The second kappa shape index (κ2) is 9.55. The summed E-state index contributed by atoms with van der Waals surface area (Å²) in [4.78, 5) is 16.3. The number of hydrogen-bond acceptors (Lipinski definition) is 5. The molecule has 3 aromatic rings. The fraction of sp³-hybridized carbons (Fsp3) is 0.286. The molecule has 1 aromatic heterocycles. The van der Waals surface area contributed by atoms with Gasteiger partial charge in [-0.2, -0.15) is 4.98 Å². The minimum atomic E-state index is -0.683. The van der Waals surface area contributed by atoms with Crippen LogP contribution in [0.15, 0.2) is 60.9 Å². The van der Waals surface area contributed by atoms with E-state index in [9.17, 15) is 4.79 Å². The molecule has 7 heteroatoms. The van der Waals surface area contributed by atoms with E-state index in [-0.39, 0.29) is 11.9 Å². The summed E-state index contributed by atoms with van der Waals surface area (Å²) in [5.41, 5.74) is 2.00. The summed E-state index contributed by atoms with van der Waals surface area (Å²) in [6, 6.07) is 17.6. The van der Waals surface area contributed by atoms with Crippen molar-refractivity contribution in [3.63, 3.8) is 0 Å². The normalized spacial score (nSPS) is 11.6. The van der Waals surface area contributed by atoms with Gasteiger partial charge in [-0.25, -0.2) is 4.68 Å². The minimum Gasteiger partial charge on any atom is -0.496 e. The van der Waals surface area contributed by atoms with Gasteiger partial charge >= 0.3 is 6.01 Å². The van der Waals surface area contributed by atoms with Gasteiger partial charge in [-0.05, 0) is 43.5 Å². The fourth-order valence-electron chi connectivity index (χ4n) is 2.76. The Hall–Kier alpha value is -3.35. The van der Waals surface area contributed by atoms with Crippen LogP contribution >= 0.6 is 0 Å². The van der Waals surface area contributed by atoms with E-state index in [1.54, 1.807) is 25.0 Å². The molecule has 1 unspecified atom stereocenters. The van der Waals surface area contributed by atoms with E-state index in [1.807, 2.05) is 54.6 Å². The lowest BCUT2D eigenvalue weighted by molar-refractivity contribution is -0.127. The van der Waals surface area contributed by atoms with E-state index in [4.69, 9.17) is 9.47 Å². The SMILES string of the molecule is COc1ccccc1CCCNC(=O)C(C)Oc1ncn(-c2ccccc2)n1. The third kappa shape index (κ3) is 5.09. The molecule has 0 fully saturated rings. The van der Waals surface area contributed by atoms with E-state index < -0.39 is 6.10 Å². The molecule has 0 spiro atoms. The molecule has 0 aliphatic heterocycles. The van der Waals surface area contributed by atoms with Crippen molar-refractivity contribution in [1.82, 2.24) is 20.1 Å². The van der Waals surface area contributed by atoms with Gasteiger partial charge in [0, 0.05) is 6.54 Å². The number of carbonyl (C=O) groups excluding carboxylic acids is 1. The summed E-state index contributed by atoms with van der Waals surface area (Å²) in [5, 5.41) is 7.13. The predicted octanol–water partition coefficient (Wildman–Crippen LogP) is 2.79. The summed E-state index contributed by atoms with van der Waals surface area (Å²) >= 11 is 0. The number of amides is 1. The number of nitrogens with one attached hydrogen (secondary N) is 1. The quantitative estimate of drug-likeness (QED) is 0.578. The Balaban J connectivity index is 1.44. The van der Waals surface area contributed by atoms with Crippen LogP contribution < -0.4 is 14.8 Å². The van der Waals surface area contributed by atoms with Gasteiger partial charge in [0.15, 0.2) is 6.10 Å². The van der Waals surface area contributed by atoms with Crippen molar-refractivity contribution in [1.29, 1.82) is 0 Å². The van der Waals surface area contributed by atoms with Gasteiger partial charge in [0.05, 0.1) is 12.8 Å². The average molecular weight is 380 g/mol. The van der Waals surface area contributed by atoms with Crippen molar-refractivity contribution < 1.29 is 14.3 Å². The maximum absolute atomic E-state index is 12.2. The van der Waals surface area contributed by atoms with Gasteiger partial charge in [-0.3, -0.25) is 4.79 Å². The van der Waals surface area contributed by atoms with Gasteiger partial charge < -0.3 is 14.8 Å². The Bertz CT molecular complexity index is 895. The number of benzene rings is 2. The molecule has 1 N–H and O–H groups in total. The first kappa shape index (κ1) is 19.4. The minimum absolute atomic E-state index is 0.167. The lowest BCUT2D eigenvalue weighted by Crippen LogP contribution is -2.37. The summed E-state index contributed by atoms with van der Waals surface area (Å²) in [6.07, 6.45) is 2.50. The summed E-state index contributed by atoms with van der Waals surface area (Å²) < 4.78 is 12.5. The van der Waals surface area contributed by atoms with Crippen LogP contribution in [0.2, 0.25) is 0 Å². The number of ether oxygens (including phenoxy) is 2. The number of aryl methyl sites for hydroxylation is 1. The molecule has 1 heterocycles. The smallest absolute Gasteiger partial charge is 0.336 e. The molecule has 0 radical (unpaired) electrons. The zero-order chi connectivity index (χ0) is 19.8. The van der Waals surface area contributed by atoms with Crippen LogP contribution in [-0.4, -0.2) is 40.4 Å². The summed E-state index contributed by atoms with van der Waals surface area (Å²) in [7, 11) is 1.66. The van der Waals surface area contributed by atoms with Crippen LogP contribution in [0.3, 0.4) is 0 Å². The van der Waals surface area contributed by atoms with Crippen LogP contribution in [0, 0.1) is 0 Å². The second-order valence-electron chi connectivity index (χ2n) is 6.27. The molecule has 28 heavy (non-hydrogen) atoms. The number of hydrogen-bond donors (Lipinski definition) is 1. The molecule has 1 atom stereocenters. The van der Waals surface area contributed by atoms with E-state index in [2.05, 4.69) is 15.4 Å². The van der Waals surface area contributed by atoms with Crippen LogP contribution in [0.4, 0.5) is 0 Å². The maximum Gasteiger partial charge on any atom is 0.336 e. The molecule has 146 valence electrons. The Kier molecular flexibility index (Phi) is 6.62. The lowest BCUT2D eigenvalue weighted by atomic mass is 10.1. The number of para-hydroxylation sites is 2. The van der Waals surface area contributed by atoms with Crippen molar-refractivity contribution in [3.05, 3.63) is 66.5 Å². The van der Waals surface area contributed by atoms with Crippen molar-refractivity contribution in [3.8, 4) is 17.4 Å². The van der Waals surface area contributed by atoms with Crippen LogP contribution in [0.5, 0.6) is 11.8 Å². The number of aromatic nitrogens is 3. The van der Waals surface area contributed by atoms with E-state index in [0.29, 0.717) is 6.54 Å². The molecule has 1 amide bonds. The highest BCUT2D eigenvalue weighted by Gasteiger charge is 2.16.